The molecule has 214 valence electrons. The molecule has 3 heterocycles. The summed E-state index contributed by atoms with van der Waals surface area (Å²) in [5.41, 5.74) is 1.61. The molecular weight excluding hydrogens is 563 g/mol. The molecule has 8 nitrogen and oxygen atoms in total. The quantitative estimate of drug-likeness (QED) is 0.321. The van der Waals surface area contributed by atoms with Crippen LogP contribution in [0.2, 0.25) is 0 Å². The fourth-order valence-electron chi connectivity index (χ4n) is 5.49. The number of carbonyl (C=O) groups excluding carboxylic acids is 2. The third-order valence-electron chi connectivity index (χ3n) is 7.76. The molecule has 1 atom stereocenters. The molecule has 0 spiro atoms. The molecule has 0 aromatic heterocycles. The van der Waals surface area contributed by atoms with Gasteiger partial charge in [-0.3, -0.25) is 9.59 Å². The Morgan fingerprint density at radius 3 is 2.20 bits per heavy atom. The normalized spacial score (nSPS) is 20.4. The second kappa shape index (κ2) is 11.8. The summed E-state index contributed by atoms with van der Waals surface area (Å²) in [6.45, 7) is 3.71. The Kier molecular flexibility index (Phi) is 8.39. The third kappa shape index (κ3) is 5.32. The van der Waals surface area contributed by atoms with E-state index in [0.717, 1.165) is 32.0 Å². The average Bonchev–Trinajstić information content (AvgIpc) is 3.22. The summed E-state index contributed by atoms with van der Waals surface area (Å²) in [4.78, 5) is 31.4. The maximum Gasteiger partial charge on any atom is 0.253 e. The highest BCUT2D eigenvalue weighted by molar-refractivity contribution is 6.29. The highest BCUT2D eigenvalue weighted by Gasteiger charge is 2.37. The minimum atomic E-state index is -1.08. The van der Waals surface area contributed by atoms with Crippen LogP contribution in [0.3, 0.4) is 0 Å². The van der Waals surface area contributed by atoms with Crippen LogP contribution in [0.1, 0.15) is 34.3 Å². The number of alkyl halides is 1. The molecule has 0 aliphatic carbocycles. The van der Waals surface area contributed by atoms with Crippen LogP contribution in [0, 0.1) is 17.6 Å². The molecule has 1 N–H and O–H groups in total. The van der Waals surface area contributed by atoms with Gasteiger partial charge < -0.3 is 24.8 Å². The van der Waals surface area contributed by atoms with E-state index in [-0.39, 0.29) is 23.5 Å². The molecule has 40 heavy (non-hydrogen) atoms. The molecule has 0 saturated carbocycles. The third-order valence-corrected chi connectivity index (χ3v) is 8.70. The van der Waals surface area contributed by atoms with E-state index in [1.807, 2.05) is 4.90 Å². The van der Waals surface area contributed by atoms with Gasteiger partial charge in [0.2, 0.25) is 11.7 Å². The van der Waals surface area contributed by atoms with Gasteiger partial charge in [-0.05, 0) is 50.2 Å². The lowest BCUT2D eigenvalue weighted by Crippen LogP contribution is -2.52. The molecule has 5 rings (SSSR count). The van der Waals surface area contributed by atoms with Gasteiger partial charge >= 0.3 is 0 Å². The summed E-state index contributed by atoms with van der Waals surface area (Å²) >= 11 is 13.1. The van der Waals surface area contributed by atoms with Gasteiger partial charge in [0.15, 0.2) is 17.2 Å². The van der Waals surface area contributed by atoms with E-state index in [9.17, 15) is 18.4 Å². The molecule has 0 bridgehead atoms. The Morgan fingerprint density at radius 2 is 1.57 bits per heavy atom. The number of piperidine rings is 1. The number of amides is 2. The van der Waals surface area contributed by atoms with Crippen molar-refractivity contribution in [3.63, 3.8) is 0 Å². The molecule has 2 saturated heterocycles. The smallest absolute Gasteiger partial charge is 0.253 e. The van der Waals surface area contributed by atoms with Crippen LogP contribution < -0.4 is 10.1 Å². The highest BCUT2D eigenvalue weighted by Crippen LogP contribution is 2.44. The van der Waals surface area contributed by atoms with E-state index in [0.29, 0.717) is 54.3 Å². The molecule has 2 fully saturated rings. The number of methoxy groups -OCH3 is 1. The van der Waals surface area contributed by atoms with Crippen molar-refractivity contribution in [3.8, 4) is 5.75 Å². The van der Waals surface area contributed by atoms with Gasteiger partial charge in [0, 0.05) is 67.6 Å². The van der Waals surface area contributed by atoms with E-state index < -0.39 is 17.3 Å². The van der Waals surface area contributed by atoms with Crippen LogP contribution in [0.4, 0.5) is 8.78 Å². The number of ether oxygens (including phenoxy) is 1. The van der Waals surface area contributed by atoms with E-state index in [1.54, 1.807) is 41.1 Å². The van der Waals surface area contributed by atoms with Crippen molar-refractivity contribution >= 4 is 46.6 Å². The largest absolute Gasteiger partial charge is 0.494 e. The lowest BCUT2D eigenvalue weighted by atomic mass is 9.96. The molecule has 2 aromatic carbocycles. The van der Waals surface area contributed by atoms with Gasteiger partial charge in [-0.2, -0.15) is 4.39 Å². The Morgan fingerprint density at radius 1 is 0.950 bits per heavy atom. The molecule has 12 heteroatoms. The maximum absolute atomic E-state index is 14.4. The van der Waals surface area contributed by atoms with Gasteiger partial charge in [-0.1, -0.05) is 23.7 Å². The lowest BCUT2D eigenvalue weighted by Gasteiger charge is -2.37. The number of carbonyl (C=O) groups is 2. The number of halogens is 4. The summed E-state index contributed by atoms with van der Waals surface area (Å²) in [5.74, 6) is -2.27. The van der Waals surface area contributed by atoms with Crippen molar-refractivity contribution < 1.29 is 23.1 Å². The second-order valence-electron chi connectivity index (χ2n) is 10.1. The Labute approximate surface area is 242 Å². The number of nitrogens with zero attached hydrogens (tertiary/aromatic N) is 4. The number of benzene rings is 2. The number of piperazine rings is 1. The molecule has 3 aliphatic heterocycles. The zero-order chi connectivity index (χ0) is 28.6. The van der Waals surface area contributed by atoms with Crippen LogP contribution in [-0.2, 0) is 4.79 Å². The van der Waals surface area contributed by atoms with Gasteiger partial charge in [0.25, 0.3) is 5.91 Å². The van der Waals surface area contributed by atoms with Gasteiger partial charge in [0.05, 0.1) is 18.5 Å². The van der Waals surface area contributed by atoms with Crippen molar-refractivity contribution in [2.45, 2.75) is 18.5 Å². The standard InChI is InChI=1S/C28H31Cl2F2N5O3/c1-34-24(20-15-21(31)23(32)22(16-20)40-2)25(37(30)28(34)29)17-3-5-18(6-4-17)26(38)35-11-13-36(14-12-35)27(39)19-7-9-33-10-8-19/h3-6,15-16,19,28,33H,7-14H2,1-2H3. The Hall–Kier alpha value is -3.08. The van der Waals surface area contributed by atoms with Crippen LogP contribution in [0.15, 0.2) is 36.4 Å². The van der Waals surface area contributed by atoms with Crippen LogP contribution in [0.25, 0.3) is 11.4 Å². The van der Waals surface area contributed by atoms with Crippen LogP contribution in [-0.4, -0.2) is 90.0 Å². The van der Waals surface area contributed by atoms with Crippen molar-refractivity contribution in [1.82, 2.24) is 24.4 Å². The SMILES string of the molecule is COc1cc(C2=C(c3ccc(C(=O)N4CCN(C(=O)C5CCNCC5)CC4)cc3)N(Cl)C(Cl)N2C)cc(F)c1F. The summed E-state index contributed by atoms with van der Waals surface area (Å²) in [6, 6.07) is 9.34. The summed E-state index contributed by atoms with van der Waals surface area (Å²) in [7, 11) is 2.95. The van der Waals surface area contributed by atoms with Crippen molar-refractivity contribution in [2.24, 2.45) is 5.92 Å². The fourth-order valence-corrected chi connectivity index (χ4v) is 6.00. The number of nitrogens with one attached hydrogen (secondary N) is 1. The molecular formula is C28H31Cl2F2N5O3. The van der Waals surface area contributed by atoms with Gasteiger partial charge in [-0.15, -0.1) is 0 Å². The predicted molar refractivity (Wildman–Crippen MR) is 149 cm³/mol. The summed E-state index contributed by atoms with van der Waals surface area (Å²) < 4.78 is 34.8. The van der Waals surface area contributed by atoms with Gasteiger partial charge in [0.1, 0.15) is 0 Å². The first kappa shape index (κ1) is 28.4. The van der Waals surface area contributed by atoms with E-state index in [1.165, 1.54) is 17.6 Å². The topological polar surface area (TPSA) is 68.4 Å². The molecule has 1 unspecified atom stereocenters. The first-order chi connectivity index (χ1) is 19.2. The number of hydrogen-bond donors (Lipinski definition) is 1. The molecule has 2 amide bonds. The van der Waals surface area contributed by atoms with Crippen LogP contribution in [0.5, 0.6) is 5.75 Å². The van der Waals surface area contributed by atoms with Crippen molar-refractivity contribution in [1.29, 1.82) is 0 Å². The van der Waals surface area contributed by atoms with Crippen LogP contribution >= 0.6 is 23.4 Å². The predicted octanol–water partition coefficient (Wildman–Crippen LogP) is 4.01. The van der Waals surface area contributed by atoms with Gasteiger partial charge in [-0.25, -0.2) is 8.81 Å². The monoisotopic (exact) mass is 593 g/mol. The van der Waals surface area contributed by atoms with E-state index in [4.69, 9.17) is 28.1 Å². The Bertz CT molecular complexity index is 1310. The van der Waals surface area contributed by atoms with E-state index in [2.05, 4.69) is 5.32 Å². The zero-order valence-corrected chi connectivity index (χ0v) is 23.8. The minimum Gasteiger partial charge on any atom is -0.494 e. The van der Waals surface area contributed by atoms with Crippen molar-refractivity contribution in [3.05, 3.63) is 64.7 Å². The van der Waals surface area contributed by atoms with E-state index >= 15 is 0 Å². The molecule has 3 aliphatic rings. The molecule has 2 aromatic rings. The first-order valence-electron chi connectivity index (χ1n) is 13.2. The fraction of sp³-hybridized carbons (Fsp3) is 0.429. The highest BCUT2D eigenvalue weighted by atomic mass is 35.5. The molecule has 0 radical (unpaired) electrons. The summed E-state index contributed by atoms with van der Waals surface area (Å²) in [6.07, 6.45) is 1.71. The lowest BCUT2D eigenvalue weighted by molar-refractivity contribution is -0.137. The summed E-state index contributed by atoms with van der Waals surface area (Å²) in [5, 5.41) is 3.28. The Balaban J connectivity index is 1.34. The van der Waals surface area contributed by atoms with Crippen molar-refractivity contribution in [2.75, 3.05) is 53.4 Å². The number of hydrogen-bond acceptors (Lipinski definition) is 6. The average molecular weight is 594 g/mol. The number of rotatable bonds is 5. The maximum atomic E-state index is 14.4. The zero-order valence-electron chi connectivity index (χ0n) is 22.3. The second-order valence-corrected chi connectivity index (χ2v) is 10.9. The minimum absolute atomic E-state index is 0.0615. The first-order valence-corrected chi connectivity index (χ1v) is 14.0.